The average molecular weight is 667 g/mol. The first-order valence-corrected chi connectivity index (χ1v) is 17.0. The number of aryl methyl sites for hydroxylation is 4. The van der Waals surface area contributed by atoms with E-state index < -0.39 is 10.4 Å². The molecule has 0 fully saturated rings. The van der Waals surface area contributed by atoms with Crippen LogP contribution in [0.3, 0.4) is 0 Å². The summed E-state index contributed by atoms with van der Waals surface area (Å²) in [5.74, 6) is 1.48. The van der Waals surface area contributed by atoms with E-state index in [-0.39, 0.29) is 13.2 Å². The van der Waals surface area contributed by atoms with Crippen molar-refractivity contribution in [3.63, 3.8) is 0 Å². The Morgan fingerprint density at radius 3 is 1.36 bits per heavy atom. The highest BCUT2D eigenvalue weighted by atomic mass is 32.3. The molecule has 0 spiro atoms. The molecule has 15 heteroatoms. The normalized spacial score (nSPS) is 12.0. The summed E-state index contributed by atoms with van der Waals surface area (Å²) in [6, 6.07) is 15.6. The Bertz CT molecular complexity index is 1570. The number of nitrogens with zero attached hydrogens (tertiary/aromatic N) is 10. The monoisotopic (exact) mass is 666 g/mol. The van der Waals surface area contributed by atoms with Crippen LogP contribution in [0.1, 0.15) is 26.7 Å². The molecule has 0 aliphatic carbocycles. The molecule has 0 N–H and O–H groups in total. The largest absolute Gasteiger partial charge is 0.421 e. The number of aromatic nitrogens is 4. The third-order valence-corrected chi connectivity index (χ3v) is 8.50. The van der Waals surface area contributed by atoms with Gasteiger partial charge in [-0.1, -0.05) is 10.2 Å². The minimum atomic E-state index is -4.08. The van der Waals surface area contributed by atoms with Gasteiger partial charge in [0, 0.05) is 47.8 Å². The number of benzene rings is 2. The first-order valence-electron chi connectivity index (χ1n) is 15.7. The van der Waals surface area contributed by atoms with Crippen LogP contribution in [0.4, 0.5) is 34.6 Å². The average Bonchev–Trinajstić information content (AvgIpc) is 3.57. The number of hydrogen-bond acceptors (Lipinski definition) is 10. The summed E-state index contributed by atoms with van der Waals surface area (Å²) in [6.07, 6.45) is 8.71. The van der Waals surface area contributed by atoms with E-state index in [9.17, 15) is 8.42 Å². The Hall–Kier alpha value is -4.47. The third kappa shape index (κ3) is 10.3. The molecular formula is C32H46N10O4S+2. The first-order chi connectivity index (χ1) is 22.6. The zero-order valence-corrected chi connectivity index (χ0v) is 28.9. The Kier molecular flexibility index (Phi) is 12.7. The Labute approximate surface area is 277 Å². The molecule has 2 heterocycles. The molecule has 0 saturated heterocycles. The lowest BCUT2D eigenvalue weighted by Gasteiger charge is -2.23. The molecule has 0 aliphatic heterocycles. The lowest BCUT2D eigenvalue weighted by atomic mass is 10.2. The third-order valence-electron chi connectivity index (χ3n) is 7.59. The van der Waals surface area contributed by atoms with Gasteiger partial charge in [-0.3, -0.25) is 0 Å². The molecule has 0 atom stereocenters. The molecule has 0 aliphatic rings. The predicted molar refractivity (Wildman–Crippen MR) is 180 cm³/mol. The van der Waals surface area contributed by atoms with Gasteiger partial charge in [0.1, 0.15) is 11.4 Å². The molecule has 2 aromatic carbocycles. The van der Waals surface area contributed by atoms with Crippen LogP contribution >= 0.6 is 0 Å². The molecule has 4 rings (SSSR count). The van der Waals surface area contributed by atoms with Crippen LogP contribution in [0.25, 0.3) is 0 Å². The molecule has 47 heavy (non-hydrogen) atoms. The van der Waals surface area contributed by atoms with Crippen molar-refractivity contribution in [2.24, 2.45) is 48.6 Å². The van der Waals surface area contributed by atoms with Crippen molar-refractivity contribution >= 4 is 45.0 Å². The highest BCUT2D eigenvalue weighted by Gasteiger charge is 2.15. The van der Waals surface area contributed by atoms with Gasteiger partial charge in [0.2, 0.25) is 0 Å². The fourth-order valence-corrected chi connectivity index (χ4v) is 5.63. The maximum atomic E-state index is 12.3. The van der Waals surface area contributed by atoms with Crippen LogP contribution in [-0.2, 0) is 47.0 Å². The lowest BCUT2D eigenvalue weighted by molar-refractivity contribution is -0.657. The van der Waals surface area contributed by atoms with E-state index in [4.69, 9.17) is 8.37 Å². The zero-order chi connectivity index (χ0) is 33.8. The van der Waals surface area contributed by atoms with Crippen molar-refractivity contribution in [3.05, 3.63) is 73.3 Å². The summed E-state index contributed by atoms with van der Waals surface area (Å²) in [4.78, 5) is 4.29. The molecule has 0 bridgehead atoms. The van der Waals surface area contributed by atoms with Crippen molar-refractivity contribution in [3.8, 4) is 0 Å². The van der Waals surface area contributed by atoms with Gasteiger partial charge in [-0.05, 0) is 75.2 Å². The number of imidazole rings is 2. The highest BCUT2D eigenvalue weighted by Crippen LogP contribution is 2.23. The second-order valence-electron chi connectivity index (χ2n) is 11.0. The Balaban J connectivity index is 1.16. The fraction of sp³-hybridized carbons (Fsp3) is 0.438. The molecule has 0 unspecified atom stereocenters. The maximum absolute atomic E-state index is 12.3. The Morgan fingerprint density at radius 2 is 1.04 bits per heavy atom. The summed E-state index contributed by atoms with van der Waals surface area (Å²) in [5, 5.41) is 17.3. The van der Waals surface area contributed by atoms with Gasteiger partial charge >= 0.3 is 22.3 Å². The standard InChI is InChI=1S/C32H46N10O4S/c1-7-41(29-15-11-27(12-16-29)33-35-31-37(3)21-22-38(31)4)19-9-25-45-47(43,44)46-26-10-20-42(8-2)30-17-13-28(14-18-30)34-36-32-39(5)23-24-40(32)6/h11-18,21-24H,7-10,19-20,25-26H2,1-6H3/q+2. The van der Waals surface area contributed by atoms with Crippen molar-refractivity contribution in [2.75, 3.05) is 49.2 Å². The van der Waals surface area contributed by atoms with E-state index in [2.05, 4.69) is 44.1 Å². The van der Waals surface area contributed by atoms with Crippen molar-refractivity contribution in [2.45, 2.75) is 26.7 Å². The molecule has 0 radical (unpaired) electrons. The van der Waals surface area contributed by atoms with Crippen LogP contribution in [0.5, 0.6) is 0 Å². The number of anilines is 2. The van der Waals surface area contributed by atoms with Gasteiger partial charge in [-0.15, -0.1) is 0 Å². The van der Waals surface area contributed by atoms with Gasteiger partial charge in [0.25, 0.3) is 0 Å². The number of azo groups is 2. The van der Waals surface area contributed by atoms with E-state index in [1.165, 1.54) is 0 Å². The van der Waals surface area contributed by atoms with E-state index in [0.717, 1.165) is 47.7 Å². The SMILES string of the molecule is CCN(CCCOS(=O)(=O)OCCCN(CC)c1ccc(/N=N/c2n(C)cc[n+]2C)cc1)c1ccc(/N=N/c2n(C)cc[n+]2C)cc1. The summed E-state index contributed by atoms with van der Waals surface area (Å²) in [5.41, 5.74) is 3.51. The maximum Gasteiger partial charge on any atom is 0.421 e. The van der Waals surface area contributed by atoms with Crippen LogP contribution < -0.4 is 18.9 Å². The highest BCUT2D eigenvalue weighted by molar-refractivity contribution is 7.81. The molecular weight excluding hydrogens is 620 g/mol. The first kappa shape index (κ1) is 35.4. The predicted octanol–water partition coefficient (Wildman–Crippen LogP) is 5.25. The smallest absolute Gasteiger partial charge is 0.372 e. The van der Waals surface area contributed by atoms with Crippen LogP contribution in [-0.4, -0.2) is 56.9 Å². The van der Waals surface area contributed by atoms with Gasteiger partial charge in [-0.25, -0.2) is 26.6 Å². The zero-order valence-electron chi connectivity index (χ0n) is 28.1. The van der Waals surface area contributed by atoms with Gasteiger partial charge < -0.3 is 9.80 Å². The van der Waals surface area contributed by atoms with E-state index in [1.807, 2.05) is 120 Å². The minimum absolute atomic E-state index is 0.0337. The van der Waals surface area contributed by atoms with E-state index >= 15 is 0 Å². The van der Waals surface area contributed by atoms with Crippen LogP contribution in [0.2, 0.25) is 0 Å². The molecule has 14 nitrogen and oxygen atoms in total. The van der Waals surface area contributed by atoms with Crippen molar-refractivity contribution < 1.29 is 25.9 Å². The summed E-state index contributed by atoms with van der Waals surface area (Å²) in [7, 11) is 3.59. The molecule has 0 amide bonds. The van der Waals surface area contributed by atoms with Crippen molar-refractivity contribution in [1.29, 1.82) is 0 Å². The van der Waals surface area contributed by atoms with E-state index in [1.54, 1.807) is 0 Å². The second-order valence-corrected chi connectivity index (χ2v) is 12.3. The quantitative estimate of drug-likeness (QED) is 0.0811. The number of rotatable bonds is 18. The van der Waals surface area contributed by atoms with Gasteiger partial charge in [0.15, 0.2) is 0 Å². The summed E-state index contributed by atoms with van der Waals surface area (Å²) < 4.78 is 42.5. The van der Waals surface area contributed by atoms with Gasteiger partial charge in [0.05, 0.1) is 66.2 Å². The number of hydrogen-bond donors (Lipinski definition) is 0. The summed E-state index contributed by atoms with van der Waals surface area (Å²) >= 11 is 0. The second kappa shape index (κ2) is 16.9. The molecule has 0 saturated carbocycles. The van der Waals surface area contributed by atoms with Gasteiger partial charge in [-0.2, -0.15) is 8.42 Å². The van der Waals surface area contributed by atoms with E-state index in [0.29, 0.717) is 25.9 Å². The Morgan fingerprint density at radius 1 is 0.660 bits per heavy atom. The van der Waals surface area contributed by atoms with Crippen LogP contribution in [0, 0.1) is 0 Å². The topological polar surface area (TPSA) is 126 Å². The lowest BCUT2D eigenvalue weighted by Crippen LogP contribution is -2.26. The molecule has 252 valence electrons. The fourth-order valence-electron chi connectivity index (χ4n) is 4.92. The van der Waals surface area contributed by atoms with Crippen molar-refractivity contribution in [1.82, 2.24) is 9.13 Å². The minimum Gasteiger partial charge on any atom is -0.372 e. The molecule has 4 aromatic rings. The van der Waals surface area contributed by atoms with Crippen LogP contribution in [0.15, 0.2) is 93.8 Å². The summed E-state index contributed by atoms with van der Waals surface area (Å²) in [6.45, 7) is 6.94. The molecule has 2 aromatic heterocycles.